The largest absolute Gasteiger partial charge is 0.381 e. The van der Waals surface area contributed by atoms with Gasteiger partial charge in [0, 0.05) is 29.7 Å². The van der Waals surface area contributed by atoms with Gasteiger partial charge in [0.05, 0.1) is 5.75 Å². The van der Waals surface area contributed by atoms with Crippen LogP contribution in [0.3, 0.4) is 0 Å². The van der Waals surface area contributed by atoms with E-state index in [9.17, 15) is 9.59 Å². The van der Waals surface area contributed by atoms with Gasteiger partial charge in [-0.25, -0.2) is 0 Å². The lowest BCUT2D eigenvalue weighted by molar-refractivity contribution is -0.119. The second kappa shape index (κ2) is 7.31. The maximum Gasteiger partial charge on any atom is 0.230 e. The molecule has 1 aliphatic heterocycles. The third-order valence-electron chi connectivity index (χ3n) is 2.97. The van der Waals surface area contributed by atoms with Crippen LogP contribution in [0.5, 0.6) is 0 Å². The van der Waals surface area contributed by atoms with Gasteiger partial charge in [-0.2, -0.15) is 0 Å². The first-order chi connectivity index (χ1) is 9.28. The molecular formula is C14H17NO3S. The van der Waals surface area contributed by atoms with E-state index in [0.29, 0.717) is 11.3 Å². The predicted molar refractivity (Wildman–Crippen MR) is 74.5 cm³/mol. The molecule has 0 aromatic heterocycles. The van der Waals surface area contributed by atoms with Gasteiger partial charge in [-0.15, -0.1) is 11.8 Å². The van der Waals surface area contributed by atoms with Crippen molar-refractivity contribution in [2.75, 3.05) is 19.0 Å². The van der Waals surface area contributed by atoms with Gasteiger partial charge in [0.15, 0.2) is 0 Å². The van der Waals surface area contributed by atoms with Crippen molar-refractivity contribution in [1.82, 2.24) is 5.32 Å². The number of hydrogen-bond acceptors (Lipinski definition) is 4. The summed E-state index contributed by atoms with van der Waals surface area (Å²) in [5.74, 6) is 0.453. The minimum absolute atomic E-state index is 0.0522. The van der Waals surface area contributed by atoms with Crippen molar-refractivity contribution in [3.8, 4) is 0 Å². The highest BCUT2D eigenvalue weighted by molar-refractivity contribution is 8.00. The normalized spacial score (nSPS) is 16.0. The fourth-order valence-electron chi connectivity index (χ4n) is 1.90. The van der Waals surface area contributed by atoms with Crippen molar-refractivity contribution >= 4 is 24.0 Å². The van der Waals surface area contributed by atoms with Crippen molar-refractivity contribution in [1.29, 1.82) is 0 Å². The highest BCUT2D eigenvalue weighted by atomic mass is 32.2. The highest BCUT2D eigenvalue weighted by Crippen LogP contribution is 2.18. The number of benzene rings is 1. The van der Waals surface area contributed by atoms with Crippen molar-refractivity contribution < 1.29 is 14.3 Å². The lowest BCUT2D eigenvalue weighted by Crippen LogP contribution is -2.39. The molecule has 0 unspecified atom stereocenters. The number of carbonyl (C=O) groups excluding carboxylic acids is 2. The van der Waals surface area contributed by atoms with Crippen LogP contribution in [-0.4, -0.2) is 37.2 Å². The summed E-state index contributed by atoms with van der Waals surface area (Å²) in [4.78, 5) is 23.3. The van der Waals surface area contributed by atoms with Crippen LogP contribution >= 0.6 is 11.8 Å². The molecule has 0 spiro atoms. The Morgan fingerprint density at radius 1 is 1.32 bits per heavy atom. The topological polar surface area (TPSA) is 55.4 Å². The maximum absolute atomic E-state index is 11.8. The number of ether oxygens (including phenoxy) is 1. The Morgan fingerprint density at radius 2 is 2.00 bits per heavy atom. The summed E-state index contributed by atoms with van der Waals surface area (Å²) in [7, 11) is 0. The number of aldehydes is 1. The first kappa shape index (κ1) is 14.1. The molecule has 1 saturated heterocycles. The van der Waals surface area contributed by atoms with Crippen molar-refractivity contribution in [3.05, 3.63) is 29.8 Å². The number of nitrogens with one attached hydrogen (secondary N) is 1. The van der Waals surface area contributed by atoms with Crippen molar-refractivity contribution in [2.45, 2.75) is 23.8 Å². The van der Waals surface area contributed by atoms with Gasteiger partial charge in [-0.3, -0.25) is 9.59 Å². The van der Waals surface area contributed by atoms with E-state index in [0.717, 1.165) is 37.2 Å². The van der Waals surface area contributed by atoms with Gasteiger partial charge in [-0.05, 0) is 25.0 Å². The molecule has 0 atom stereocenters. The average molecular weight is 279 g/mol. The van der Waals surface area contributed by atoms with Gasteiger partial charge in [0.25, 0.3) is 0 Å². The Balaban J connectivity index is 1.74. The maximum atomic E-state index is 11.8. The quantitative estimate of drug-likeness (QED) is 0.660. The molecule has 4 nitrogen and oxygen atoms in total. The van der Waals surface area contributed by atoms with Crippen LogP contribution in [0, 0.1) is 0 Å². The van der Waals surface area contributed by atoms with Crippen LogP contribution in [0.2, 0.25) is 0 Å². The molecule has 1 aromatic carbocycles. The van der Waals surface area contributed by atoms with Gasteiger partial charge in [0.2, 0.25) is 5.91 Å². The van der Waals surface area contributed by atoms with E-state index in [1.807, 2.05) is 12.1 Å². The van der Waals surface area contributed by atoms with Gasteiger partial charge in [0.1, 0.15) is 6.29 Å². The minimum atomic E-state index is 0.0522. The molecule has 0 aliphatic carbocycles. The van der Waals surface area contributed by atoms with E-state index in [-0.39, 0.29) is 11.9 Å². The summed E-state index contributed by atoms with van der Waals surface area (Å²) < 4.78 is 5.25. The molecule has 1 heterocycles. The third-order valence-corrected chi connectivity index (χ3v) is 3.98. The van der Waals surface area contributed by atoms with E-state index < -0.39 is 0 Å². The summed E-state index contributed by atoms with van der Waals surface area (Å²) >= 11 is 1.48. The molecule has 1 aromatic rings. The van der Waals surface area contributed by atoms with Crippen molar-refractivity contribution in [2.24, 2.45) is 0 Å². The molecular weight excluding hydrogens is 262 g/mol. The highest BCUT2D eigenvalue weighted by Gasteiger charge is 2.15. The van der Waals surface area contributed by atoms with Gasteiger partial charge < -0.3 is 10.1 Å². The summed E-state index contributed by atoms with van der Waals surface area (Å²) in [6.07, 6.45) is 2.60. The molecule has 0 radical (unpaired) electrons. The van der Waals surface area contributed by atoms with Crippen LogP contribution < -0.4 is 5.32 Å². The molecule has 0 saturated carbocycles. The van der Waals surface area contributed by atoms with Crippen LogP contribution in [0.15, 0.2) is 29.2 Å². The summed E-state index contributed by atoms with van der Waals surface area (Å²) in [5.41, 5.74) is 0.649. The average Bonchev–Trinajstić information content (AvgIpc) is 2.47. The SMILES string of the molecule is O=Cc1ccc(SCC(=O)NC2CCOCC2)cc1. The smallest absolute Gasteiger partial charge is 0.230 e. The van der Waals surface area contributed by atoms with Crippen LogP contribution in [-0.2, 0) is 9.53 Å². The second-order valence-corrected chi connectivity index (χ2v) is 5.48. The fourth-order valence-corrected chi connectivity index (χ4v) is 2.61. The van der Waals surface area contributed by atoms with Crippen molar-refractivity contribution in [3.63, 3.8) is 0 Å². The number of rotatable bonds is 5. The zero-order valence-corrected chi connectivity index (χ0v) is 11.4. The Morgan fingerprint density at radius 3 is 2.63 bits per heavy atom. The lowest BCUT2D eigenvalue weighted by Gasteiger charge is -2.22. The van der Waals surface area contributed by atoms with Crippen LogP contribution in [0.1, 0.15) is 23.2 Å². The van der Waals surface area contributed by atoms with Crippen LogP contribution in [0.4, 0.5) is 0 Å². The Kier molecular flexibility index (Phi) is 5.42. The number of carbonyl (C=O) groups is 2. The zero-order valence-electron chi connectivity index (χ0n) is 10.6. The van der Waals surface area contributed by atoms with E-state index >= 15 is 0 Å². The van der Waals surface area contributed by atoms with Crippen LogP contribution in [0.25, 0.3) is 0 Å². The number of amides is 1. The number of hydrogen-bond donors (Lipinski definition) is 1. The Labute approximate surface area is 116 Å². The predicted octanol–water partition coefficient (Wildman–Crippen LogP) is 1.89. The molecule has 2 rings (SSSR count). The van der Waals surface area contributed by atoms with Gasteiger partial charge >= 0.3 is 0 Å². The fraction of sp³-hybridized carbons (Fsp3) is 0.429. The summed E-state index contributed by atoms with van der Waals surface area (Å²) in [5, 5.41) is 3.02. The van der Waals surface area contributed by atoms with E-state index in [4.69, 9.17) is 4.74 Å². The summed E-state index contributed by atoms with van der Waals surface area (Å²) in [6, 6.07) is 7.48. The first-order valence-corrected chi connectivity index (χ1v) is 7.31. The Bertz CT molecular complexity index is 427. The minimum Gasteiger partial charge on any atom is -0.381 e. The first-order valence-electron chi connectivity index (χ1n) is 6.33. The standard InChI is InChI=1S/C14H17NO3S/c16-9-11-1-3-13(4-2-11)19-10-14(17)15-12-5-7-18-8-6-12/h1-4,9,12H,5-8,10H2,(H,15,17). The lowest BCUT2D eigenvalue weighted by atomic mass is 10.1. The second-order valence-electron chi connectivity index (χ2n) is 4.43. The summed E-state index contributed by atoms with van der Waals surface area (Å²) in [6.45, 7) is 1.45. The number of thioether (sulfide) groups is 1. The molecule has 1 N–H and O–H groups in total. The zero-order chi connectivity index (χ0) is 13.5. The van der Waals surface area contributed by atoms with Gasteiger partial charge in [-0.1, -0.05) is 12.1 Å². The monoisotopic (exact) mass is 279 g/mol. The molecule has 0 bridgehead atoms. The molecule has 1 aliphatic rings. The molecule has 5 heteroatoms. The molecule has 19 heavy (non-hydrogen) atoms. The van der Waals surface area contributed by atoms with E-state index in [1.165, 1.54) is 11.8 Å². The molecule has 102 valence electrons. The third kappa shape index (κ3) is 4.69. The molecule has 1 fully saturated rings. The van der Waals surface area contributed by atoms with E-state index in [2.05, 4.69) is 5.32 Å². The van der Waals surface area contributed by atoms with E-state index in [1.54, 1.807) is 12.1 Å². The Hall–Kier alpha value is -1.33. The molecule has 1 amide bonds.